The third-order valence-electron chi connectivity index (χ3n) is 1.76. The van der Waals surface area contributed by atoms with Gasteiger partial charge in [-0.15, -0.1) is 6.42 Å². The number of nitrogens with zero attached hydrogens (tertiary/aromatic N) is 1. The molecule has 0 radical (unpaired) electrons. The maximum absolute atomic E-state index is 11.4. The van der Waals surface area contributed by atoms with Crippen molar-refractivity contribution in [3.05, 3.63) is 23.0 Å². The van der Waals surface area contributed by atoms with Crippen LogP contribution < -0.4 is 10.6 Å². The van der Waals surface area contributed by atoms with E-state index < -0.39 is 0 Å². The molecule has 1 amide bonds. The predicted octanol–water partition coefficient (Wildman–Crippen LogP) is 1.20. The largest absolute Gasteiger partial charge is 0.322 e. The van der Waals surface area contributed by atoms with Crippen LogP contribution in [0.5, 0.6) is 0 Å². The van der Waals surface area contributed by atoms with Crippen molar-refractivity contribution in [3.63, 3.8) is 0 Å². The van der Waals surface area contributed by atoms with Gasteiger partial charge in [-0.3, -0.25) is 10.1 Å². The lowest BCUT2D eigenvalue weighted by atomic mass is 10.3. The number of hydrogen-bond donors (Lipinski definition) is 2. The van der Waals surface area contributed by atoms with Gasteiger partial charge in [0.05, 0.1) is 18.8 Å². The first-order chi connectivity index (χ1) is 7.63. The molecule has 2 N–H and O–H groups in total. The summed E-state index contributed by atoms with van der Waals surface area (Å²) in [6.07, 6.45) is 6.67. The predicted molar refractivity (Wildman–Crippen MR) is 64.3 cm³/mol. The van der Waals surface area contributed by atoms with Crippen molar-refractivity contribution in [1.82, 2.24) is 10.3 Å². The molecule has 0 aliphatic heterocycles. The van der Waals surface area contributed by atoms with Gasteiger partial charge in [0.15, 0.2) is 5.15 Å². The van der Waals surface area contributed by atoms with E-state index in [4.69, 9.17) is 18.0 Å². The molecule has 4 nitrogen and oxygen atoms in total. The number of anilines is 1. The van der Waals surface area contributed by atoms with Gasteiger partial charge in [-0.1, -0.05) is 17.5 Å². The fourth-order valence-corrected chi connectivity index (χ4v) is 1.23. The van der Waals surface area contributed by atoms with Crippen molar-refractivity contribution in [2.75, 3.05) is 18.4 Å². The third-order valence-corrected chi connectivity index (χ3v) is 2.06. The lowest BCUT2D eigenvalue weighted by Gasteiger charge is -2.07. The quantitative estimate of drug-likeness (QED) is 0.470. The van der Waals surface area contributed by atoms with Crippen LogP contribution in [0, 0.1) is 19.3 Å². The standard InChI is InChI=1S/C11H12ClN3O/c1-3-4-13-7-10(16)15-9-5-8(2)6-14-11(9)12/h1,5-6,13H,4,7H2,2H3,(H,15,16). The summed E-state index contributed by atoms with van der Waals surface area (Å²) >= 11 is 5.82. The molecule has 0 spiro atoms. The Bertz CT molecular complexity index is 426. The lowest BCUT2D eigenvalue weighted by molar-refractivity contribution is -0.115. The number of halogens is 1. The second kappa shape index (κ2) is 6.11. The van der Waals surface area contributed by atoms with Crippen molar-refractivity contribution in [1.29, 1.82) is 0 Å². The molecule has 0 unspecified atom stereocenters. The number of terminal acetylenes is 1. The number of carbonyl (C=O) groups excluding carboxylic acids is 1. The van der Waals surface area contributed by atoms with E-state index in [9.17, 15) is 4.79 Å². The molecular weight excluding hydrogens is 226 g/mol. The highest BCUT2D eigenvalue weighted by atomic mass is 35.5. The number of rotatable bonds is 4. The number of carbonyl (C=O) groups is 1. The van der Waals surface area contributed by atoms with Crippen LogP contribution in [0.3, 0.4) is 0 Å². The highest BCUT2D eigenvalue weighted by Crippen LogP contribution is 2.19. The SMILES string of the molecule is C#CCNCC(=O)Nc1cc(C)cnc1Cl. The van der Waals surface area contributed by atoms with Crippen LogP contribution in [-0.2, 0) is 4.79 Å². The molecule has 5 heteroatoms. The van der Waals surface area contributed by atoms with Gasteiger partial charge in [-0.05, 0) is 18.6 Å². The van der Waals surface area contributed by atoms with Crippen molar-refractivity contribution < 1.29 is 4.79 Å². The molecule has 0 aliphatic carbocycles. The van der Waals surface area contributed by atoms with Crippen LogP contribution in [0.1, 0.15) is 5.56 Å². The Morgan fingerprint density at radius 3 is 3.12 bits per heavy atom. The molecule has 0 aromatic carbocycles. The highest BCUT2D eigenvalue weighted by Gasteiger charge is 2.06. The van der Waals surface area contributed by atoms with E-state index in [-0.39, 0.29) is 17.6 Å². The van der Waals surface area contributed by atoms with Crippen LogP contribution in [0.4, 0.5) is 5.69 Å². The van der Waals surface area contributed by atoms with E-state index in [0.717, 1.165) is 5.56 Å². The Morgan fingerprint density at radius 1 is 1.69 bits per heavy atom. The van der Waals surface area contributed by atoms with E-state index in [1.165, 1.54) is 0 Å². The van der Waals surface area contributed by atoms with Gasteiger partial charge in [0.2, 0.25) is 5.91 Å². The maximum atomic E-state index is 11.4. The summed E-state index contributed by atoms with van der Waals surface area (Å²) in [5, 5.41) is 5.70. The Morgan fingerprint density at radius 2 is 2.44 bits per heavy atom. The molecule has 0 saturated heterocycles. The van der Waals surface area contributed by atoms with Crippen LogP contribution in [0.15, 0.2) is 12.3 Å². The Balaban J connectivity index is 2.56. The van der Waals surface area contributed by atoms with Crippen molar-refractivity contribution >= 4 is 23.2 Å². The molecule has 84 valence electrons. The summed E-state index contributed by atoms with van der Waals surface area (Å²) in [6, 6.07) is 1.76. The molecule has 1 aromatic rings. The smallest absolute Gasteiger partial charge is 0.238 e. The summed E-state index contributed by atoms with van der Waals surface area (Å²) in [7, 11) is 0. The van der Waals surface area contributed by atoms with Crippen LogP contribution >= 0.6 is 11.6 Å². The molecule has 16 heavy (non-hydrogen) atoms. The number of hydrogen-bond acceptors (Lipinski definition) is 3. The molecule has 0 atom stereocenters. The Labute approximate surface area is 99.4 Å². The number of pyridine rings is 1. The molecule has 1 rings (SSSR count). The summed E-state index contributed by atoms with van der Waals surface area (Å²) in [6.45, 7) is 2.37. The van der Waals surface area contributed by atoms with Crippen molar-refractivity contribution in [2.24, 2.45) is 0 Å². The normalized spacial score (nSPS) is 9.56. The monoisotopic (exact) mass is 237 g/mol. The molecule has 0 fully saturated rings. The highest BCUT2D eigenvalue weighted by molar-refractivity contribution is 6.32. The first-order valence-electron chi connectivity index (χ1n) is 4.69. The molecule has 1 heterocycles. The zero-order valence-corrected chi connectivity index (χ0v) is 9.64. The van der Waals surface area contributed by atoms with Crippen LogP contribution in [-0.4, -0.2) is 24.0 Å². The fourth-order valence-electron chi connectivity index (χ4n) is 1.08. The average Bonchev–Trinajstić information content (AvgIpc) is 2.24. The first kappa shape index (κ1) is 12.5. The molecule has 0 saturated carbocycles. The molecular formula is C11H12ClN3O. The van der Waals surface area contributed by atoms with Crippen LogP contribution in [0.25, 0.3) is 0 Å². The van der Waals surface area contributed by atoms with Crippen molar-refractivity contribution in [2.45, 2.75) is 6.92 Å². The second-order valence-corrected chi connectivity index (χ2v) is 3.56. The summed E-state index contributed by atoms with van der Waals surface area (Å²) in [5.41, 5.74) is 1.44. The summed E-state index contributed by atoms with van der Waals surface area (Å²) in [4.78, 5) is 15.3. The molecule has 0 bridgehead atoms. The van der Waals surface area contributed by atoms with Gasteiger partial charge < -0.3 is 5.32 Å². The van der Waals surface area contributed by atoms with E-state index in [2.05, 4.69) is 21.5 Å². The van der Waals surface area contributed by atoms with Gasteiger partial charge in [-0.25, -0.2) is 4.98 Å². The topological polar surface area (TPSA) is 54.0 Å². The van der Waals surface area contributed by atoms with E-state index in [0.29, 0.717) is 12.2 Å². The van der Waals surface area contributed by atoms with E-state index in [1.807, 2.05) is 6.92 Å². The zero-order valence-electron chi connectivity index (χ0n) is 8.88. The maximum Gasteiger partial charge on any atom is 0.238 e. The summed E-state index contributed by atoms with van der Waals surface area (Å²) < 4.78 is 0. The molecule has 1 aromatic heterocycles. The van der Waals surface area contributed by atoms with E-state index >= 15 is 0 Å². The fraction of sp³-hybridized carbons (Fsp3) is 0.273. The second-order valence-electron chi connectivity index (χ2n) is 3.21. The van der Waals surface area contributed by atoms with Crippen LogP contribution in [0.2, 0.25) is 5.15 Å². The first-order valence-corrected chi connectivity index (χ1v) is 5.07. The minimum absolute atomic E-state index is 0.147. The van der Waals surface area contributed by atoms with Crippen molar-refractivity contribution in [3.8, 4) is 12.3 Å². The minimum atomic E-state index is -0.204. The van der Waals surface area contributed by atoms with Gasteiger partial charge in [0, 0.05) is 6.20 Å². The molecule has 0 aliphatic rings. The number of amides is 1. The number of aromatic nitrogens is 1. The lowest BCUT2D eigenvalue weighted by Crippen LogP contribution is -2.28. The third kappa shape index (κ3) is 3.89. The van der Waals surface area contributed by atoms with E-state index in [1.54, 1.807) is 12.3 Å². The minimum Gasteiger partial charge on any atom is -0.322 e. The Hall–Kier alpha value is -1.57. The van der Waals surface area contributed by atoms with Gasteiger partial charge >= 0.3 is 0 Å². The van der Waals surface area contributed by atoms with Gasteiger partial charge in [0.25, 0.3) is 0 Å². The number of nitrogens with one attached hydrogen (secondary N) is 2. The Kier molecular flexibility index (Phi) is 4.77. The number of aryl methyl sites for hydroxylation is 1. The van der Waals surface area contributed by atoms with Gasteiger partial charge in [0.1, 0.15) is 0 Å². The zero-order chi connectivity index (χ0) is 12.0. The van der Waals surface area contributed by atoms with Gasteiger partial charge in [-0.2, -0.15) is 0 Å². The summed E-state index contributed by atoms with van der Waals surface area (Å²) in [5.74, 6) is 2.17. The average molecular weight is 238 g/mol.